The van der Waals surface area contributed by atoms with Crippen LogP contribution in [-0.2, 0) is 6.54 Å². The predicted molar refractivity (Wildman–Crippen MR) is 102 cm³/mol. The van der Waals surface area contributed by atoms with E-state index in [4.69, 9.17) is 18.7 Å². The Morgan fingerprint density at radius 3 is 2.29 bits per heavy atom. The van der Waals surface area contributed by atoms with Gasteiger partial charge in [-0.1, -0.05) is 35.5 Å². The second-order valence-electron chi connectivity index (χ2n) is 5.95. The molecule has 1 heterocycles. The number of rotatable bonds is 7. The predicted octanol–water partition coefficient (Wildman–Crippen LogP) is 3.03. The van der Waals surface area contributed by atoms with Gasteiger partial charge in [-0.2, -0.15) is 4.98 Å². The Morgan fingerprint density at radius 1 is 1.00 bits per heavy atom. The summed E-state index contributed by atoms with van der Waals surface area (Å²) < 4.78 is 21.2. The standard InChI is InChI=1S/C20H21N3O5/c1-23(12-18-21-19(22-28-18)13-8-6-5-7-9-13)20(24)14-10-16(26-3)17(27-4)11-15(14)25-2/h5-11H,12H2,1-4H3. The number of amides is 1. The van der Waals surface area contributed by atoms with Crippen molar-refractivity contribution in [1.82, 2.24) is 15.0 Å². The highest BCUT2D eigenvalue weighted by Gasteiger charge is 2.22. The summed E-state index contributed by atoms with van der Waals surface area (Å²) in [5.41, 5.74) is 1.18. The van der Waals surface area contributed by atoms with Crippen molar-refractivity contribution in [3.05, 3.63) is 53.9 Å². The molecule has 3 aromatic rings. The fourth-order valence-corrected chi connectivity index (χ4v) is 2.70. The van der Waals surface area contributed by atoms with E-state index in [1.54, 1.807) is 19.2 Å². The number of carbonyl (C=O) groups excluding carboxylic acids is 1. The van der Waals surface area contributed by atoms with E-state index in [0.29, 0.717) is 34.5 Å². The van der Waals surface area contributed by atoms with Crippen LogP contribution in [0.15, 0.2) is 47.0 Å². The molecule has 3 rings (SSSR count). The fraction of sp³-hybridized carbons (Fsp3) is 0.250. The number of benzene rings is 2. The Bertz CT molecular complexity index is 956. The summed E-state index contributed by atoms with van der Waals surface area (Å²) in [6.07, 6.45) is 0. The molecule has 2 aromatic carbocycles. The second-order valence-corrected chi connectivity index (χ2v) is 5.95. The van der Waals surface area contributed by atoms with E-state index in [1.165, 1.54) is 26.2 Å². The minimum atomic E-state index is -0.280. The molecule has 0 unspecified atom stereocenters. The first kappa shape index (κ1) is 19.2. The topological polar surface area (TPSA) is 86.9 Å². The van der Waals surface area contributed by atoms with Gasteiger partial charge >= 0.3 is 0 Å². The van der Waals surface area contributed by atoms with Crippen LogP contribution >= 0.6 is 0 Å². The average Bonchev–Trinajstić information content (AvgIpc) is 3.21. The van der Waals surface area contributed by atoms with Gasteiger partial charge in [0, 0.05) is 24.7 Å². The molecule has 0 fully saturated rings. The zero-order valence-corrected chi connectivity index (χ0v) is 16.1. The third kappa shape index (κ3) is 3.90. The van der Waals surface area contributed by atoms with E-state index in [1.807, 2.05) is 30.3 Å². The molecule has 8 heteroatoms. The van der Waals surface area contributed by atoms with Gasteiger partial charge in [-0.15, -0.1) is 0 Å². The highest BCUT2D eigenvalue weighted by molar-refractivity contribution is 5.97. The van der Waals surface area contributed by atoms with Gasteiger partial charge < -0.3 is 23.6 Å². The van der Waals surface area contributed by atoms with Crippen LogP contribution in [0, 0.1) is 0 Å². The van der Waals surface area contributed by atoms with Crippen molar-refractivity contribution >= 4 is 5.91 Å². The van der Waals surface area contributed by atoms with Crippen molar-refractivity contribution in [2.45, 2.75) is 6.54 Å². The Kier molecular flexibility index (Phi) is 5.78. The molecule has 0 atom stereocenters. The lowest BCUT2D eigenvalue weighted by Gasteiger charge is -2.18. The molecule has 0 aliphatic carbocycles. The second kappa shape index (κ2) is 8.43. The first-order valence-corrected chi connectivity index (χ1v) is 8.50. The number of carbonyl (C=O) groups is 1. The lowest BCUT2D eigenvalue weighted by molar-refractivity contribution is 0.0765. The summed E-state index contributed by atoms with van der Waals surface area (Å²) in [6.45, 7) is 0.149. The molecule has 146 valence electrons. The minimum Gasteiger partial charge on any atom is -0.496 e. The summed E-state index contributed by atoms with van der Waals surface area (Å²) in [5.74, 6) is 1.81. The molecule has 0 spiro atoms. The van der Waals surface area contributed by atoms with Crippen molar-refractivity contribution in [3.8, 4) is 28.6 Å². The molecule has 28 heavy (non-hydrogen) atoms. The molecule has 8 nitrogen and oxygen atoms in total. The smallest absolute Gasteiger partial charge is 0.257 e. The van der Waals surface area contributed by atoms with Crippen molar-refractivity contribution in [2.75, 3.05) is 28.4 Å². The number of nitrogens with zero attached hydrogens (tertiary/aromatic N) is 3. The number of hydrogen-bond donors (Lipinski definition) is 0. The van der Waals surface area contributed by atoms with Crippen LogP contribution < -0.4 is 14.2 Å². The monoisotopic (exact) mass is 383 g/mol. The van der Waals surface area contributed by atoms with Crippen LogP contribution in [0.2, 0.25) is 0 Å². The summed E-state index contributed by atoms with van der Waals surface area (Å²) in [4.78, 5) is 18.7. The molecule has 0 saturated heterocycles. The van der Waals surface area contributed by atoms with Crippen LogP contribution in [0.5, 0.6) is 17.2 Å². The van der Waals surface area contributed by atoms with Gasteiger partial charge in [-0.3, -0.25) is 4.79 Å². The minimum absolute atomic E-state index is 0.149. The maximum Gasteiger partial charge on any atom is 0.257 e. The van der Waals surface area contributed by atoms with Gasteiger partial charge in [0.25, 0.3) is 5.91 Å². The van der Waals surface area contributed by atoms with Gasteiger partial charge in [0.15, 0.2) is 11.5 Å². The van der Waals surface area contributed by atoms with Crippen LogP contribution in [0.25, 0.3) is 11.4 Å². The van der Waals surface area contributed by atoms with Gasteiger partial charge in [-0.25, -0.2) is 0 Å². The Morgan fingerprint density at radius 2 is 1.64 bits per heavy atom. The first-order chi connectivity index (χ1) is 13.6. The normalized spacial score (nSPS) is 10.4. The zero-order valence-electron chi connectivity index (χ0n) is 16.1. The highest BCUT2D eigenvalue weighted by Crippen LogP contribution is 2.35. The van der Waals surface area contributed by atoms with Crippen molar-refractivity contribution < 1.29 is 23.5 Å². The number of methoxy groups -OCH3 is 3. The maximum absolute atomic E-state index is 12.9. The summed E-state index contributed by atoms with van der Waals surface area (Å²) >= 11 is 0. The van der Waals surface area contributed by atoms with Gasteiger partial charge in [-0.05, 0) is 0 Å². The molecule has 0 saturated carbocycles. The average molecular weight is 383 g/mol. The molecule has 0 aliphatic rings. The fourth-order valence-electron chi connectivity index (χ4n) is 2.70. The molecule has 1 amide bonds. The SMILES string of the molecule is COc1cc(OC)c(C(=O)N(C)Cc2nc(-c3ccccc3)no2)cc1OC. The molecule has 0 radical (unpaired) electrons. The first-order valence-electron chi connectivity index (χ1n) is 8.50. The Hall–Kier alpha value is -3.55. The lowest BCUT2D eigenvalue weighted by Crippen LogP contribution is -2.26. The van der Waals surface area contributed by atoms with Gasteiger partial charge in [0.2, 0.25) is 11.7 Å². The third-order valence-corrected chi connectivity index (χ3v) is 4.16. The van der Waals surface area contributed by atoms with E-state index in [9.17, 15) is 4.79 Å². The summed E-state index contributed by atoms with van der Waals surface area (Å²) in [5, 5.41) is 3.97. The molecule has 1 aromatic heterocycles. The quantitative estimate of drug-likeness (QED) is 0.620. The van der Waals surface area contributed by atoms with Crippen molar-refractivity contribution in [1.29, 1.82) is 0 Å². The van der Waals surface area contributed by atoms with E-state index in [0.717, 1.165) is 5.56 Å². The zero-order chi connectivity index (χ0) is 20.1. The van der Waals surface area contributed by atoms with Crippen LogP contribution in [0.1, 0.15) is 16.2 Å². The summed E-state index contributed by atoms with van der Waals surface area (Å²) in [7, 11) is 6.16. The molecule has 0 bridgehead atoms. The van der Waals surface area contributed by atoms with Crippen LogP contribution in [0.4, 0.5) is 0 Å². The van der Waals surface area contributed by atoms with E-state index in [-0.39, 0.29) is 12.5 Å². The lowest BCUT2D eigenvalue weighted by atomic mass is 10.1. The number of hydrogen-bond acceptors (Lipinski definition) is 7. The molecular weight excluding hydrogens is 362 g/mol. The van der Waals surface area contributed by atoms with E-state index < -0.39 is 0 Å². The molecule has 0 N–H and O–H groups in total. The van der Waals surface area contributed by atoms with E-state index in [2.05, 4.69) is 10.1 Å². The van der Waals surface area contributed by atoms with E-state index >= 15 is 0 Å². The third-order valence-electron chi connectivity index (χ3n) is 4.16. The Balaban J connectivity index is 1.81. The van der Waals surface area contributed by atoms with Crippen LogP contribution in [0.3, 0.4) is 0 Å². The summed E-state index contributed by atoms with van der Waals surface area (Å²) in [6, 6.07) is 12.7. The largest absolute Gasteiger partial charge is 0.496 e. The highest BCUT2D eigenvalue weighted by atomic mass is 16.5. The number of aromatic nitrogens is 2. The number of ether oxygens (including phenoxy) is 3. The van der Waals surface area contributed by atoms with Gasteiger partial charge in [0.05, 0.1) is 26.9 Å². The van der Waals surface area contributed by atoms with Gasteiger partial charge in [0.1, 0.15) is 12.3 Å². The molecule has 0 aliphatic heterocycles. The molecular formula is C20H21N3O5. The van der Waals surface area contributed by atoms with Crippen molar-refractivity contribution in [2.24, 2.45) is 0 Å². The Labute approximate surface area is 162 Å². The maximum atomic E-state index is 12.9. The van der Waals surface area contributed by atoms with Crippen LogP contribution in [-0.4, -0.2) is 49.3 Å². The van der Waals surface area contributed by atoms with Crippen molar-refractivity contribution in [3.63, 3.8) is 0 Å².